The Bertz CT molecular complexity index is 878. The number of hydrogen-bond acceptors (Lipinski definition) is 5. The van der Waals surface area contributed by atoms with Crippen LogP contribution >= 0.6 is 0 Å². The van der Waals surface area contributed by atoms with Crippen molar-refractivity contribution in [3.05, 3.63) is 47.0 Å². The maximum atomic E-state index is 12.6. The van der Waals surface area contributed by atoms with Crippen molar-refractivity contribution < 1.29 is 22.6 Å². The third-order valence-electron chi connectivity index (χ3n) is 4.35. The van der Waals surface area contributed by atoms with Crippen LogP contribution in [0.1, 0.15) is 16.7 Å². The first-order valence-corrected chi connectivity index (χ1v) is 9.67. The van der Waals surface area contributed by atoms with E-state index in [1.807, 2.05) is 19.1 Å². The summed E-state index contributed by atoms with van der Waals surface area (Å²) in [5.41, 5.74) is 2.45. The summed E-state index contributed by atoms with van der Waals surface area (Å²) in [5, 5.41) is 0. The average molecular weight is 379 g/mol. The van der Waals surface area contributed by atoms with Gasteiger partial charge in [0.15, 0.2) is 11.5 Å². The SMILES string of the molecule is COc1ccc(CCNS(=O)(=O)c2ccc(OC)c(C)c2C)cc1OC. The zero-order valence-electron chi connectivity index (χ0n) is 15.8. The van der Waals surface area contributed by atoms with Crippen LogP contribution in [0, 0.1) is 13.8 Å². The van der Waals surface area contributed by atoms with Gasteiger partial charge in [-0.3, -0.25) is 0 Å². The van der Waals surface area contributed by atoms with E-state index in [-0.39, 0.29) is 11.4 Å². The van der Waals surface area contributed by atoms with Crippen molar-refractivity contribution in [1.82, 2.24) is 4.72 Å². The minimum atomic E-state index is -3.60. The zero-order chi connectivity index (χ0) is 19.3. The van der Waals surface area contributed by atoms with E-state index >= 15 is 0 Å². The van der Waals surface area contributed by atoms with Crippen LogP contribution in [-0.2, 0) is 16.4 Å². The molecule has 1 N–H and O–H groups in total. The molecule has 0 aliphatic carbocycles. The van der Waals surface area contributed by atoms with Crippen LogP contribution < -0.4 is 18.9 Å². The van der Waals surface area contributed by atoms with Crippen LogP contribution in [0.15, 0.2) is 35.2 Å². The highest BCUT2D eigenvalue weighted by Gasteiger charge is 2.19. The van der Waals surface area contributed by atoms with Gasteiger partial charge in [-0.15, -0.1) is 0 Å². The van der Waals surface area contributed by atoms with Crippen LogP contribution in [0.2, 0.25) is 0 Å². The Kier molecular flexibility index (Phi) is 6.50. The fourth-order valence-corrected chi connectivity index (χ4v) is 4.06. The predicted octanol–water partition coefficient (Wildman–Crippen LogP) is 2.85. The Balaban J connectivity index is 2.11. The van der Waals surface area contributed by atoms with E-state index in [4.69, 9.17) is 14.2 Å². The van der Waals surface area contributed by atoms with E-state index in [1.54, 1.807) is 46.5 Å². The van der Waals surface area contributed by atoms with E-state index in [9.17, 15) is 8.42 Å². The fraction of sp³-hybridized carbons (Fsp3) is 0.368. The second-order valence-electron chi connectivity index (χ2n) is 5.85. The van der Waals surface area contributed by atoms with Crippen LogP contribution in [0.4, 0.5) is 0 Å². The Hall–Kier alpha value is -2.25. The quantitative estimate of drug-likeness (QED) is 0.763. The monoisotopic (exact) mass is 379 g/mol. The van der Waals surface area contributed by atoms with Crippen molar-refractivity contribution in [2.45, 2.75) is 25.2 Å². The maximum absolute atomic E-state index is 12.6. The van der Waals surface area contributed by atoms with Crippen LogP contribution in [-0.4, -0.2) is 36.3 Å². The van der Waals surface area contributed by atoms with Crippen LogP contribution in [0.5, 0.6) is 17.2 Å². The van der Waals surface area contributed by atoms with Crippen molar-refractivity contribution in [3.8, 4) is 17.2 Å². The molecular weight excluding hydrogens is 354 g/mol. The predicted molar refractivity (Wildman–Crippen MR) is 101 cm³/mol. The van der Waals surface area contributed by atoms with Crippen molar-refractivity contribution >= 4 is 10.0 Å². The molecule has 2 aromatic carbocycles. The molecule has 0 spiro atoms. The molecule has 142 valence electrons. The lowest BCUT2D eigenvalue weighted by Gasteiger charge is -2.14. The minimum absolute atomic E-state index is 0.267. The summed E-state index contributed by atoms with van der Waals surface area (Å²) in [6, 6.07) is 8.78. The highest BCUT2D eigenvalue weighted by molar-refractivity contribution is 7.89. The van der Waals surface area contributed by atoms with E-state index < -0.39 is 10.0 Å². The van der Waals surface area contributed by atoms with Crippen LogP contribution in [0.3, 0.4) is 0 Å². The fourth-order valence-electron chi connectivity index (χ4n) is 2.73. The second kappa shape index (κ2) is 8.42. The molecule has 26 heavy (non-hydrogen) atoms. The van der Waals surface area contributed by atoms with Gasteiger partial charge in [-0.1, -0.05) is 6.07 Å². The van der Waals surface area contributed by atoms with Crippen molar-refractivity contribution in [2.75, 3.05) is 27.9 Å². The van der Waals surface area contributed by atoms with E-state index in [0.717, 1.165) is 11.1 Å². The number of benzene rings is 2. The summed E-state index contributed by atoms with van der Waals surface area (Å²) >= 11 is 0. The zero-order valence-corrected chi connectivity index (χ0v) is 16.6. The average Bonchev–Trinajstić information content (AvgIpc) is 2.63. The molecule has 0 aromatic heterocycles. The summed E-state index contributed by atoms with van der Waals surface area (Å²) in [6.07, 6.45) is 0.535. The van der Waals surface area contributed by atoms with Gasteiger partial charge in [-0.25, -0.2) is 13.1 Å². The third-order valence-corrected chi connectivity index (χ3v) is 5.96. The summed E-state index contributed by atoms with van der Waals surface area (Å²) in [4.78, 5) is 0.267. The van der Waals surface area contributed by atoms with Gasteiger partial charge in [0.2, 0.25) is 10.0 Å². The minimum Gasteiger partial charge on any atom is -0.496 e. The van der Waals surface area contributed by atoms with Gasteiger partial charge in [0.1, 0.15) is 5.75 Å². The topological polar surface area (TPSA) is 73.9 Å². The number of hydrogen-bond donors (Lipinski definition) is 1. The molecule has 0 fully saturated rings. The van der Waals surface area contributed by atoms with Gasteiger partial charge in [0, 0.05) is 6.54 Å². The molecule has 0 radical (unpaired) electrons. The Morgan fingerprint density at radius 3 is 2.08 bits per heavy atom. The smallest absolute Gasteiger partial charge is 0.240 e. The van der Waals surface area contributed by atoms with Crippen molar-refractivity contribution in [3.63, 3.8) is 0 Å². The molecule has 0 saturated heterocycles. The molecule has 0 bridgehead atoms. The number of nitrogens with one attached hydrogen (secondary N) is 1. The molecule has 0 unspecified atom stereocenters. The maximum Gasteiger partial charge on any atom is 0.240 e. The first kappa shape index (κ1) is 20.1. The molecular formula is C19H25NO5S. The summed E-state index contributed by atoms with van der Waals surface area (Å²) < 4.78 is 43.6. The van der Waals surface area contributed by atoms with Gasteiger partial charge >= 0.3 is 0 Å². The highest BCUT2D eigenvalue weighted by atomic mass is 32.2. The van der Waals surface area contributed by atoms with E-state index in [2.05, 4.69) is 4.72 Å². The first-order valence-electron chi connectivity index (χ1n) is 8.18. The number of rotatable bonds is 8. The molecule has 7 heteroatoms. The Labute approximate surface area is 155 Å². The first-order chi connectivity index (χ1) is 12.3. The second-order valence-corrected chi connectivity index (χ2v) is 7.59. The highest BCUT2D eigenvalue weighted by Crippen LogP contribution is 2.28. The molecule has 0 saturated carbocycles. The van der Waals surface area contributed by atoms with Crippen LogP contribution in [0.25, 0.3) is 0 Å². The van der Waals surface area contributed by atoms with E-state index in [0.29, 0.717) is 29.2 Å². The number of methoxy groups -OCH3 is 3. The molecule has 0 heterocycles. The lowest BCUT2D eigenvalue weighted by molar-refractivity contribution is 0.354. The summed E-state index contributed by atoms with van der Waals surface area (Å²) in [6.45, 7) is 3.90. The molecule has 0 amide bonds. The largest absolute Gasteiger partial charge is 0.496 e. The molecule has 0 aliphatic heterocycles. The van der Waals surface area contributed by atoms with Gasteiger partial charge in [0.05, 0.1) is 26.2 Å². The van der Waals surface area contributed by atoms with Crippen molar-refractivity contribution in [2.24, 2.45) is 0 Å². The Morgan fingerprint density at radius 2 is 1.46 bits per heavy atom. The van der Waals surface area contributed by atoms with Crippen molar-refractivity contribution in [1.29, 1.82) is 0 Å². The molecule has 2 aromatic rings. The number of ether oxygens (including phenoxy) is 3. The Morgan fingerprint density at radius 1 is 0.846 bits per heavy atom. The molecule has 6 nitrogen and oxygen atoms in total. The normalized spacial score (nSPS) is 11.3. The van der Waals surface area contributed by atoms with Gasteiger partial charge < -0.3 is 14.2 Å². The molecule has 2 rings (SSSR count). The lowest BCUT2D eigenvalue weighted by Crippen LogP contribution is -2.26. The van der Waals surface area contributed by atoms with Gasteiger partial charge in [-0.05, 0) is 61.2 Å². The summed E-state index contributed by atoms with van der Waals surface area (Å²) in [5.74, 6) is 1.93. The van der Waals surface area contributed by atoms with Gasteiger partial charge in [-0.2, -0.15) is 0 Å². The third kappa shape index (κ3) is 4.28. The van der Waals surface area contributed by atoms with Gasteiger partial charge in [0.25, 0.3) is 0 Å². The molecule has 0 atom stereocenters. The van der Waals surface area contributed by atoms with E-state index in [1.165, 1.54) is 0 Å². The standard InChI is InChI=1S/C19H25NO5S/c1-13-14(2)19(9-8-16(13)23-3)26(21,22)20-11-10-15-6-7-17(24-4)18(12-15)25-5/h6-9,12,20H,10-11H2,1-5H3. The number of sulfonamides is 1. The lowest BCUT2D eigenvalue weighted by atomic mass is 10.1. The molecule has 0 aliphatic rings. The summed E-state index contributed by atoms with van der Waals surface area (Å²) in [7, 11) is 1.11.